The Kier molecular flexibility index (Phi) is 7.45. The van der Waals surface area contributed by atoms with Crippen LogP contribution in [0.25, 0.3) is 6.08 Å². The van der Waals surface area contributed by atoms with E-state index in [2.05, 4.69) is 0 Å². The van der Waals surface area contributed by atoms with Gasteiger partial charge in [0.2, 0.25) is 11.7 Å². The zero-order valence-corrected chi connectivity index (χ0v) is 19.2. The molecule has 172 valence electrons. The summed E-state index contributed by atoms with van der Waals surface area (Å²) in [5.74, 6) is 2.08. The monoisotopic (exact) mass is 442 g/mol. The van der Waals surface area contributed by atoms with Crippen molar-refractivity contribution in [2.75, 3.05) is 34.4 Å². The van der Waals surface area contributed by atoms with Crippen molar-refractivity contribution in [3.63, 3.8) is 0 Å². The standard InChI is InChI=1S/C24H30N2O6/c1-16-12-19(15-23(28)25(16)2)32-18-8-10-26(11-9-18)22(27)7-6-17-13-20(29-3)24(31-5)21(14-17)30-4/h6-7,12-15,18H,8-11H2,1-5H3. The SMILES string of the molecule is COc1cc(C=CC(=O)N2CCC(Oc3cc(C)n(C)c(=O)c3)CC2)cc(OC)c1OC. The number of pyridine rings is 1. The maximum atomic E-state index is 12.7. The number of rotatable bonds is 7. The molecular formula is C24H30N2O6. The number of amides is 1. The van der Waals surface area contributed by atoms with Crippen molar-refractivity contribution >= 4 is 12.0 Å². The molecule has 2 heterocycles. The molecule has 3 rings (SSSR count). The number of likely N-dealkylation sites (tertiary alicyclic amines) is 1. The molecule has 0 aliphatic carbocycles. The second-order valence-electron chi connectivity index (χ2n) is 7.66. The van der Waals surface area contributed by atoms with E-state index >= 15 is 0 Å². The van der Waals surface area contributed by atoms with Crippen molar-refractivity contribution in [2.45, 2.75) is 25.9 Å². The van der Waals surface area contributed by atoms with E-state index in [-0.39, 0.29) is 17.6 Å². The smallest absolute Gasteiger partial charge is 0.254 e. The predicted molar refractivity (Wildman–Crippen MR) is 122 cm³/mol. The van der Waals surface area contributed by atoms with E-state index in [9.17, 15) is 9.59 Å². The van der Waals surface area contributed by atoms with E-state index < -0.39 is 0 Å². The Bertz CT molecular complexity index is 1030. The van der Waals surface area contributed by atoms with Crippen LogP contribution in [0.4, 0.5) is 0 Å². The number of benzene rings is 1. The second-order valence-corrected chi connectivity index (χ2v) is 7.66. The van der Waals surface area contributed by atoms with Crippen LogP contribution in [0.5, 0.6) is 23.0 Å². The zero-order chi connectivity index (χ0) is 23.3. The lowest BCUT2D eigenvalue weighted by molar-refractivity contribution is -0.127. The highest BCUT2D eigenvalue weighted by Gasteiger charge is 2.23. The van der Waals surface area contributed by atoms with Gasteiger partial charge in [-0.1, -0.05) is 0 Å². The van der Waals surface area contributed by atoms with Crippen LogP contribution >= 0.6 is 0 Å². The molecule has 0 spiro atoms. The fourth-order valence-corrected chi connectivity index (χ4v) is 3.66. The highest BCUT2D eigenvalue weighted by atomic mass is 16.5. The summed E-state index contributed by atoms with van der Waals surface area (Å²) >= 11 is 0. The van der Waals surface area contributed by atoms with Crippen molar-refractivity contribution in [1.82, 2.24) is 9.47 Å². The Morgan fingerprint density at radius 1 is 1.00 bits per heavy atom. The summed E-state index contributed by atoms with van der Waals surface area (Å²) in [6.07, 6.45) is 4.67. The van der Waals surface area contributed by atoms with E-state index in [0.717, 1.165) is 11.3 Å². The quantitative estimate of drug-likeness (QED) is 0.614. The van der Waals surface area contributed by atoms with Gasteiger partial charge in [0.05, 0.1) is 21.3 Å². The van der Waals surface area contributed by atoms with E-state index in [4.69, 9.17) is 18.9 Å². The average molecular weight is 443 g/mol. The van der Waals surface area contributed by atoms with Crippen LogP contribution in [0.15, 0.2) is 35.1 Å². The van der Waals surface area contributed by atoms with Gasteiger partial charge in [-0.05, 0) is 36.8 Å². The highest BCUT2D eigenvalue weighted by Crippen LogP contribution is 2.38. The van der Waals surface area contributed by atoms with Crippen LogP contribution in [0, 0.1) is 6.92 Å². The van der Waals surface area contributed by atoms with Crippen LogP contribution in [0.1, 0.15) is 24.1 Å². The minimum absolute atomic E-state index is 0.0235. The van der Waals surface area contributed by atoms with E-state index in [1.54, 1.807) is 62.1 Å². The number of aryl methyl sites for hydroxylation is 1. The van der Waals surface area contributed by atoms with Crippen molar-refractivity contribution in [3.8, 4) is 23.0 Å². The molecule has 2 aromatic rings. The topological polar surface area (TPSA) is 79.2 Å². The summed E-state index contributed by atoms with van der Waals surface area (Å²) in [6.45, 7) is 3.05. The first-order valence-corrected chi connectivity index (χ1v) is 10.5. The maximum Gasteiger partial charge on any atom is 0.254 e. The Balaban J connectivity index is 1.60. The minimum Gasteiger partial charge on any atom is -0.493 e. The fourth-order valence-electron chi connectivity index (χ4n) is 3.66. The van der Waals surface area contributed by atoms with Crippen LogP contribution in [-0.4, -0.2) is 55.9 Å². The number of methoxy groups -OCH3 is 3. The van der Waals surface area contributed by atoms with Crippen molar-refractivity contribution in [3.05, 3.63) is 52.0 Å². The number of nitrogens with zero attached hydrogens (tertiary/aromatic N) is 2. The average Bonchev–Trinajstić information content (AvgIpc) is 2.80. The largest absolute Gasteiger partial charge is 0.493 e. The van der Waals surface area contributed by atoms with Gasteiger partial charge in [-0.3, -0.25) is 9.59 Å². The van der Waals surface area contributed by atoms with E-state index in [0.29, 0.717) is 48.9 Å². The first-order chi connectivity index (χ1) is 15.4. The van der Waals surface area contributed by atoms with Gasteiger partial charge in [0, 0.05) is 50.8 Å². The first-order valence-electron chi connectivity index (χ1n) is 10.5. The number of carbonyl (C=O) groups excluding carboxylic acids is 1. The molecule has 0 radical (unpaired) electrons. The molecule has 1 aromatic carbocycles. The molecule has 8 nitrogen and oxygen atoms in total. The third kappa shape index (κ3) is 5.25. The maximum absolute atomic E-state index is 12.7. The summed E-state index contributed by atoms with van der Waals surface area (Å²) in [5, 5.41) is 0. The normalized spacial score (nSPS) is 14.5. The molecule has 0 unspecified atom stereocenters. The predicted octanol–water partition coefficient (Wildman–Crippen LogP) is 2.80. The lowest BCUT2D eigenvalue weighted by Gasteiger charge is -2.31. The molecule has 1 aromatic heterocycles. The Hall–Kier alpha value is -3.42. The first kappa shape index (κ1) is 23.2. The van der Waals surface area contributed by atoms with Gasteiger partial charge >= 0.3 is 0 Å². The molecule has 32 heavy (non-hydrogen) atoms. The third-order valence-corrected chi connectivity index (χ3v) is 5.64. The highest BCUT2D eigenvalue weighted by molar-refractivity contribution is 5.92. The molecule has 1 amide bonds. The second kappa shape index (κ2) is 10.3. The number of aromatic nitrogens is 1. The van der Waals surface area contributed by atoms with Crippen molar-refractivity contribution in [1.29, 1.82) is 0 Å². The van der Waals surface area contributed by atoms with Gasteiger partial charge < -0.3 is 28.4 Å². The molecule has 1 saturated heterocycles. The summed E-state index contributed by atoms with van der Waals surface area (Å²) in [5.41, 5.74) is 1.52. The van der Waals surface area contributed by atoms with Crippen LogP contribution in [0.2, 0.25) is 0 Å². The molecule has 0 saturated carbocycles. The van der Waals surface area contributed by atoms with Crippen molar-refractivity contribution in [2.24, 2.45) is 7.05 Å². The Morgan fingerprint density at radius 2 is 1.62 bits per heavy atom. The lowest BCUT2D eigenvalue weighted by atomic mass is 10.1. The summed E-state index contributed by atoms with van der Waals surface area (Å²) in [4.78, 5) is 26.4. The summed E-state index contributed by atoms with van der Waals surface area (Å²) in [6, 6.07) is 6.94. The number of hydrogen-bond acceptors (Lipinski definition) is 6. The number of ether oxygens (including phenoxy) is 4. The van der Waals surface area contributed by atoms with Gasteiger partial charge in [0.25, 0.3) is 5.56 Å². The fraction of sp³-hybridized carbons (Fsp3) is 0.417. The molecule has 0 bridgehead atoms. The zero-order valence-electron chi connectivity index (χ0n) is 19.2. The van der Waals surface area contributed by atoms with Gasteiger partial charge in [-0.25, -0.2) is 0 Å². The lowest BCUT2D eigenvalue weighted by Crippen LogP contribution is -2.41. The van der Waals surface area contributed by atoms with Crippen LogP contribution in [-0.2, 0) is 11.8 Å². The summed E-state index contributed by atoms with van der Waals surface area (Å²) in [7, 11) is 6.38. The Labute approximate surface area is 188 Å². The summed E-state index contributed by atoms with van der Waals surface area (Å²) < 4.78 is 23.6. The molecule has 0 atom stereocenters. The van der Waals surface area contributed by atoms with E-state index in [1.807, 2.05) is 13.0 Å². The van der Waals surface area contributed by atoms with Gasteiger partial charge in [-0.2, -0.15) is 0 Å². The molecule has 1 aliphatic heterocycles. The number of hydrogen-bond donors (Lipinski definition) is 0. The van der Waals surface area contributed by atoms with Gasteiger partial charge in [-0.15, -0.1) is 0 Å². The van der Waals surface area contributed by atoms with Gasteiger partial charge in [0.15, 0.2) is 11.5 Å². The number of carbonyl (C=O) groups is 1. The third-order valence-electron chi connectivity index (χ3n) is 5.64. The minimum atomic E-state index is -0.0930. The molecule has 1 aliphatic rings. The van der Waals surface area contributed by atoms with Crippen LogP contribution in [0.3, 0.4) is 0 Å². The van der Waals surface area contributed by atoms with Crippen molar-refractivity contribution < 1.29 is 23.7 Å². The Morgan fingerprint density at radius 3 is 2.16 bits per heavy atom. The number of piperidine rings is 1. The molecule has 8 heteroatoms. The molecular weight excluding hydrogens is 412 g/mol. The van der Waals surface area contributed by atoms with Gasteiger partial charge in [0.1, 0.15) is 11.9 Å². The molecule has 1 fully saturated rings. The van der Waals surface area contributed by atoms with E-state index in [1.165, 1.54) is 6.07 Å². The molecule has 0 N–H and O–H groups in total. The van der Waals surface area contributed by atoms with Crippen LogP contribution < -0.4 is 24.5 Å².